The van der Waals surface area contributed by atoms with Gasteiger partial charge < -0.3 is 15.0 Å². The Balaban J connectivity index is 1.37. The molecule has 2 aromatic heterocycles. The predicted molar refractivity (Wildman–Crippen MR) is 100 cm³/mol. The Hall–Kier alpha value is -2.86. The zero-order valence-electron chi connectivity index (χ0n) is 14.8. The van der Waals surface area contributed by atoms with E-state index in [1.165, 1.54) is 5.69 Å². The number of aromatic nitrogens is 2. The van der Waals surface area contributed by atoms with E-state index < -0.39 is 0 Å². The Labute approximate surface area is 152 Å². The average Bonchev–Trinajstić information content (AvgIpc) is 3.11. The summed E-state index contributed by atoms with van der Waals surface area (Å²) in [4.78, 5) is 14.7. The van der Waals surface area contributed by atoms with Crippen molar-refractivity contribution in [3.8, 4) is 0 Å². The minimum absolute atomic E-state index is 0.167. The molecule has 4 rings (SSSR count). The molecule has 1 fully saturated rings. The van der Waals surface area contributed by atoms with E-state index in [1.807, 2.05) is 24.4 Å². The minimum Gasteiger partial charge on any atom is -0.375 e. The van der Waals surface area contributed by atoms with Crippen LogP contribution in [0.25, 0.3) is 5.52 Å². The Kier molecular flexibility index (Phi) is 4.58. The van der Waals surface area contributed by atoms with Crippen LogP contribution in [-0.2, 0) is 11.3 Å². The fourth-order valence-corrected chi connectivity index (χ4v) is 3.20. The number of ether oxygens (including phenoxy) is 1. The Morgan fingerprint density at radius 3 is 2.88 bits per heavy atom. The van der Waals surface area contributed by atoms with Crippen molar-refractivity contribution in [2.24, 2.45) is 0 Å². The van der Waals surface area contributed by atoms with Gasteiger partial charge in [0.1, 0.15) is 0 Å². The molecular formula is C20H22N4O2. The average molecular weight is 350 g/mol. The SMILES string of the molecule is CC1CN(c2ccc(CNC(=O)c3cc4ccccn4n3)cc2)CCO1. The van der Waals surface area contributed by atoms with Gasteiger partial charge in [0, 0.05) is 31.5 Å². The zero-order chi connectivity index (χ0) is 17.9. The third-order valence-corrected chi connectivity index (χ3v) is 4.60. The van der Waals surface area contributed by atoms with Gasteiger partial charge in [0.25, 0.3) is 5.91 Å². The van der Waals surface area contributed by atoms with Crippen molar-refractivity contribution >= 4 is 17.1 Å². The number of anilines is 1. The fraction of sp³-hybridized carbons (Fsp3) is 0.300. The van der Waals surface area contributed by atoms with Crippen LogP contribution < -0.4 is 10.2 Å². The number of nitrogens with one attached hydrogen (secondary N) is 1. The van der Waals surface area contributed by atoms with E-state index in [1.54, 1.807) is 10.6 Å². The number of hydrogen-bond donors (Lipinski definition) is 1. The van der Waals surface area contributed by atoms with Gasteiger partial charge in [0.05, 0.1) is 18.2 Å². The molecular weight excluding hydrogens is 328 g/mol. The van der Waals surface area contributed by atoms with Gasteiger partial charge in [-0.05, 0) is 42.8 Å². The molecule has 1 unspecified atom stereocenters. The second kappa shape index (κ2) is 7.17. The number of benzene rings is 1. The number of amides is 1. The Morgan fingerprint density at radius 2 is 2.12 bits per heavy atom. The number of carbonyl (C=O) groups excluding carboxylic acids is 1. The second-order valence-electron chi connectivity index (χ2n) is 6.58. The molecule has 0 saturated carbocycles. The molecule has 1 amide bonds. The van der Waals surface area contributed by atoms with Gasteiger partial charge in [-0.1, -0.05) is 18.2 Å². The standard InChI is InChI=1S/C20H22N4O2/c1-15-14-23(10-11-26-15)17-7-5-16(6-8-17)13-21-20(25)19-12-18-4-2-3-9-24(18)22-19/h2-9,12,15H,10-11,13-14H2,1H3,(H,21,25). The zero-order valence-corrected chi connectivity index (χ0v) is 14.8. The largest absolute Gasteiger partial charge is 0.375 e. The van der Waals surface area contributed by atoms with Crippen LogP contribution in [-0.4, -0.2) is 41.3 Å². The van der Waals surface area contributed by atoms with E-state index >= 15 is 0 Å². The summed E-state index contributed by atoms with van der Waals surface area (Å²) in [6, 6.07) is 15.8. The molecule has 6 nitrogen and oxygen atoms in total. The first-order valence-corrected chi connectivity index (χ1v) is 8.87. The highest BCUT2D eigenvalue weighted by Gasteiger charge is 2.17. The lowest BCUT2D eigenvalue weighted by Gasteiger charge is -2.33. The summed E-state index contributed by atoms with van der Waals surface area (Å²) >= 11 is 0. The molecule has 0 radical (unpaired) electrons. The van der Waals surface area contributed by atoms with E-state index in [9.17, 15) is 4.79 Å². The number of pyridine rings is 1. The predicted octanol–water partition coefficient (Wildman–Crippen LogP) is 2.49. The number of rotatable bonds is 4. The highest BCUT2D eigenvalue weighted by Crippen LogP contribution is 2.18. The van der Waals surface area contributed by atoms with Crippen molar-refractivity contribution in [3.05, 3.63) is 66.0 Å². The molecule has 0 aliphatic carbocycles. The number of morpholine rings is 1. The monoisotopic (exact) mass is 350 g/mol. The summed E-state index contributed by atoms with van der Waals surface area (Å²) in [6.07, 6.45) is 2.09. The lowest BCUT2D eigenvalue weighted by atomic mass is 10.1. The molecule has 1 N–H and O–H groups in total. The third kappa shape index (κ3) is 3.55. The number of hydrogen-bond acceptors (Lipinski definition) is 4. The number of fused-ring (bicyclic) bond motifs is 1. The molecule has 1 aliphatic heterocycles. The lowest BCUT2D eigenvalue weighted by Crippen LogP contribution is -2.41. The molecule has 1 atom stereocenters. The van der Waals surface area contributed by atoms with Crippen molar-refractivity contribution in [1.29, 1.82) is 0 Å². The third-order valence-electron chi connectivity index (χ3n) is 4.60. The van der Waals surface area contributed by atoms with Gasteiger partial charge in [-0.15, -0.1) is 0 Å². The Bertz CT molecular complexity index is 871. The van der Waals surface area contributed by atoms with Gasteiger partial charge in [-0.2, -0.15) is 5.10 Å². The van der Waals surface area contributed by atoms with E-state index in [-0.39, 0.29) is 12.0 Å². The molecule has 1 aliphatic rings. The summed E-state index contributed by atoms with van der Waals surface area (Å²) in [5.41, 5.74) is 3.58. The van der Waals surface area contributed by atoms with E-state index in [2.05, 4.69) is 46.5 Å². The normalized spacial score (nSPS) is 17.4. The first kappa shape index (κ1) is 16.6. The number of nitrogens with zero attached hydrogens (tertiary/aromatic N) is 3. The van der Waals surface area contributed by atoms with Crippen LogP contribution in [0.1, 0.15) is 23.0 Å². The molecule has 0 bridgehead atoms. The molecule has 6 heteroatoms. The Morgan fingerprint density at radius 1 is 1.27 bits per heavy atom. The van der Waals surface area contributed by atoms with Crippen molar-refractivity contribution in [1.82, 2.24) is 14.9 Å². The van der Waals surface area contributed by atoms with E-state index in [0.717, 1.165) is 30.8 Å². The molecule has 3 heterocycles. The van der Waals surface area contributed by atoms with Crippen molar-refractivity contribution in [3.63, 3.8) is 0 Å². The first-order valence-electron chi connectivity index (χ1n) is 8.87. The molecule has 1 saturated heterocycles. The van der Waals surface area contributed by atoms with E-state index in [0.29, 0.717) is 12.2 Å². The maximum atomic E-state index is 12.3. The fourth-order valence-electron chi connectivity index (χ4n) is 3.20. The summed E-state index contributed by atoms with van der Waals surface area (Å²) in [7, 11) is 0. The quantitative estimate of drug-likeness (QED) is 0.785. The van der Waals surface area contributed by atoms with E-state index in [4.69, 9.17) is 4.74 Å². The van der Waals surface area contributed by atoms with Gasteiger partial charge in [0.2, 0.25) is 0 Å². The van der Waals surface area contributed by atoms with Crippen LogP contribution in [0, 0.1) is 0 Å². The van der Waals surface area contributed by atoms with Gasteiger partial charge in [-0.25, -0.2) is 4.52 Å². The molecule has 0 spiro atoms. The summed E-state index contributed by atoms with van der Waals surface area (Å²) in [5, 5.41) is 7.23. The molecule has 26 heavy (non-hydrogen) atoms. The summed E-state index contributed by atoms with van der Waals surface area (Å²) < 4.78 is 7.29. The van der Waals surface area contributed by atoms with Gasteiger partial charge in [-0.3, -0.25) is 4.79 Å². The molecule has 1 aromatic carbocycles. The summed E-state index contributed by atoms with van der Waals surface area (Å²) in [6.45, 7) is 5.15. The maximum Gasteiger partial charge on any atom is 0.272 e. The van der Waals surface area contributed by atoms with Crippen LogP contribution in [0.4, 0.5) is 5.69 Å². The minimum atomic E-state index is -0.167. The van der Waals surface area contributed by atoms with Gasteiger partial charge >= 0.3 is 0 Å². The van der Waals surface area contributed by atoms with Crippen LogP contribution in [0.2, 0.25) is 0 Å². The van der Waals surface area contributed by atoms with Crippen LogP contribution in [0.3, 0.4) is 0 Å². The lowest BCUT2D eigenvalue weighted by molar-refractivity contribution is 0.0532. The smallest absolute Gasteiger partial charge is 0.272 e. The van der Waals surface area contributed by atoms with Crippen LogP contribution in [0.5, 0.6) is 0 Å². The second-order valence-corrected chi connectivity index (χ2v) is 6.58. The highest BCUT2D eigenvalue weighted by molar-refractivity contribution is 5.93. The van der Waals surface area contributed by atoms with Crippen LogP contribution >= 0.6 is 0 Å². The van der Waals surface area contributed by atoms with Crippen molar-refractivity contribution < 1.29 is 9.53 Å². The van der Waals surface area contributed by atoms with Crippen molar-refractivity contribution in [2.75, 3.05) is 24.6 Å². The van der Waals surface area contributed by atoms with Crippen LogP contribution in [0.15, 0.2) is 54.7 Å². The molecule has 134 valence electrons. The molecule has 3 aromatic rings. The van der Waals surface area contributed by atoms with Gasteiger partial charge in [0.15, 0.2) is 5.69 Å². The van der Waals surface area contributed by atoms with Crippen molar-refractivity contribution in [2.45, 2.75) is 19.6 Å². The summed E-state index contributed by atoms with van der Waals surface area (Å²) in [5.74, 6) is -0.167. The maximum absolute atomic E-state index is 12.3. The first-order chi connectivity index (χ1) is 12.7. The highest BCUT2D eigenvalue weighted by atomic mass is 16.5. The topological polar surface area (TPSA) is 58.9 Å². The number of carbonyl (C=O) groups is 1.